The Morgan fingerprint density at radius 2 is 1.87 bits per heavy atom. The summed E-state index contributed by atoms with van der Waals surface area (Å²) in [5, 5.41) is 0. The van der Waals surface area contributed by atoms with Crippen LogP contribution >= 0.6 is 0 Å². The van der Waals surface area contributed by atoms with Gasteiger partial charge in [0.15, 0.2) is 0 Å². The molecule has 2 aliphatic rings. The van der Waals surface area contributed by atoms with Gasteiger partial charge < -0.3 is 14.5 Å². The summed E-state index contributed by atoms with van der Waals surface area (Å²) < 4.78 is 5.76. The lowest BCUT2D eigenvalue weighted by molar-refractivity contribution is 0.0212. The average Bonchev–Trinajstić information content (AvgIpc) is 2.79. The minimum Gasteiger partial charge on any atom is -0.445 e. The Morgan fingerprint density at radius 1 is 1.10 bits per heavy atom. The van der Waals surface area contributed by atoms with E-state index in [4.69, 9.17) is 4.74 Å². The molecule has 1 amide bonds. The number of carbonyl (C=O) groups is 1. The maximum absolute atomic E-state index is 12.3. The van der Waals surface area contributed by atoms with E-state index >= 15 is 0 Å². The Balaban J connectivity index is 1.47. The van der Waals surface area contributed by atoms with Crippen molar-refractivity contribution >= 4 is 6.09 Å². The molecule has 3 rings (SSSR count). The molecule has 2 aliphatic heterocycles. The lowest BCUT2D eigenvalue weighted by atomic mass is 10.1. The zero-order valence-corrected chi connectivity index (χ0v) is 19.4. The van der Waals surface area contributed by atoms with Crippen LogP contribution in [0.25, 0.3) is 0 Å². The first-order chi connectivity index (χ1) is 15.2. The zero-order valence-electron chi connectivity index (χ0n) is 19.4. The number of piperidine rings is 2. The fourth-order valence-electron chi connectivity index (χ4n) is 4.52. The number of rotatable bonds is 7. The van der Waals surface area contributed by atoms with Crippen molar-refractivity contribution in [3.63, 3.8) is 0 Å². The normalized spacial score (nSPS) is 20.0. The Hall–Kier alpha value is -2.03. The van der Waals surface area contributed by atoms with Gasteiger partial charge in [-0.1, -0.05) is 30.4 Å². The molecule has 0 aromatic heterocycles. The van der Waals surface area contributed by atoms with Gasteiger partial charge >= 0.3 is 6.09 Å². The van der Waals surface area contributed by atoms with Crippen LogP contribution in [-0.4, -0.2) is 72.7 Å². The van der Waals surface area contributed by atoms with Gasteiger partial charge in [-0.15, -0.1) is 0 Å². The van der Waals surface area contributed by atoms with E-state index in [0.29, 0.717) is 13.1 Å². The largest absolute Gasteiger partial charge is 0.445 e. The standard InChI is InChI=1S/C26H39N3O2/c1-3-29(4-2)26(30)31-25-15-11-19-28(22-25)21-24-14-10-13-23(20-24)12-6-9-18-27-16-7-5-8-17-27/h10,13-14,20,25H,3-5,7-9,11,15-19,21-22H2,1-2H3. The summed E-state index contributed by atoms with van der Waals surface area (Å²) in [5.41, 5.74) is 2.37. The first-order valence-corrected chi connectivity index (χ1v) is 12.2. The zero-order chi connectivity index (χ0) is 21.9. The summed E-state index contributed by atoms with van der Waals surface area (Å²) in [4.78, 5) is 19.0. The molecule has 170 valence electrons. The molecule has 2 heterocycles. The molecule has 5 heteroatoms. The molecule has 2 fully saturated rings. The first-order valence-electron chi connectivity index (χ1n) is 12.2. The molecule has 0 radical (unpaired) electrons. The number of benzene rings is 1. The third kappa shape index (κ3) is 7.87. The van der Waals surface area contributed by atoms with Crippen LogP contribution in [0.1, 0.15) is 63.5 Å². The summed E-state index contributed by atoms with van der Waals surface area (Å²) in [6.45, 7) is 11.6. The lowest BCUT2D eigenvalue weighted by Crippen LogP contribution is -2.42. The fraction of sp³-hybridized carbons (Fsp3) is 0.654. The molecule has 1 aromatic carbocycles. The highest BCUT2D eigenvalue weighted by atomic mass is 16.6. The predicted molar refractivity (Wildman–Crippen MR) is 126 cm³/mol. The molecule has 1 aromatic rings. The molecule has 1 unspecified atom stereocenters. The van der Waals surface area contributed by atoms with E-state index in [2.05, 4.69) is 45.9 Å². The molecule has 31 heavy (non-hydrogen) atoms. The van der Waals surface area contributed by atoms with E-state index in [9.17, 15) is 4.79 Å². The van der Waals surface area contributed by atoms with Gasteiger partial charge in [0.25, 0.3) is 0 Å². The smallest absolute Gasteiger partial charge is 0.410 e. The van der Waals surface area contributed by atoms with E-state index in [1.54, 1.807) is 4.90 Å². The van der Waals surface area contributed by atoms with Crippen molar-refractivity contribution < 1.29 is 9.53 Å². The van der Waals surface area contributed by atoms with Crippen LogP contribution in [0.4, 0.5) is 4.79 Å². The quantitative estimate of drug-likeness (QED) is 0.608. The summed E-state index contributed by atoms with van der Waals surface area (Å²) in [6, 6.07) is 8.58. The van der Waals surface area contributed by atoms with Gasteiger partial charge in [0.2, 0.25) is 0 Å². The first kappa shape index (κ1) is 23.6. The van der Waals surface area contributed by atoms with Crippen molar-refractivity contribution in [1.82, 2.24) is 14.7 Å². The van der Waals surface area contributed by atoms with Crippen LogP contribution < -0.4 is 0 Å². The summed E-state index contributed by atoms with van der Waals surface area (Å²) in [5.74, 6) is 6.71. The minimum absolute atomic E-state index is 0.0142. The minimum atomic E-state index is -0.182. The SMILES string of the molecule is CCN(CC)C(=O)OC1CCCN(Cc2cccc(C#CCCN3CCCCC3)c2)C1. The molecule has 5 nitrogen and oxygen atoms in total. The molecule has 0 aliphatic carbocycles. The molecule has 0 spiro atoms. The number of amides is 1. The van der Waals surface area contributed by atoms with E-state index in [0.717, 1.165) is 51.0 Å². The van der Waals surface area contributed by atoms with Gasteiger partial charge in [0, 0.05) is 44.7 Å². The van der Waals surface area contributed by atoms with E-state index in [1.807, 2.05) is 13.8 Å². The summed E-state index contributed by atoms with van der Waals surface area (Å²) in [7, 11) is 0. The van der Waals surface area contributed by atoms with Crippen LogP contribution in [-0.2, 0) is 11.3 Å². The van der Waals surface area contributed by atoms with Gasteiger partial charge in [-0.3, -0.25) is 4.90 Å². The van der Waals surface area contributed by atoms with Crippen molar-refractivity contribution in [1.29, 1.82) is 0 Å². The monoisotopic (exact) mass is 425 g/mol. The lowest BCUT2D eigenvalue weighted by Gasteiger charge is -2.33. The Labute approximate surface area is 188 Å². The van der Waals surface area contributed by atoms with Crippen molar-refractivity contribution in [3.8, 4) is 11.8 Å². The number of nitrogens with zero attached hydrogens (tertiary/aromatic N) is 3. The highest BCUT2D eigenvalue weighted by Gasteiger charge is 2.24. The molecule has 2 saturated heterocycles. The highest BCUT2D eigenvalue weighted by molar-refractivity contribution is 5.67. The number of likely N-dealkylation sites (tertiary alicyclic amines) is 2. The van der Waals surface area contributed by atoms with Crippen LogP contribution in [0.3, 0.4) is 0 Å². The third-order valence-corrected chi connectivity index (χ3v) is 6.32. The number of hydrogen-bond donors (Lipinski definition) is 0. The van der Waals surface area contributed by atoms with Crippen LogP contribution in [0.5, 0.6) is 0 Å². The molecule has 0 N–H and O–H groups in total. The average molecular weight is 426 g/mol. The predicted octanol–water partition coefficient (Wildman–Crippen LogP) is 4.36. The van der Waals surface area contributed by atoms with Crippen molar-refractivity contribution in [2.45, 2.75) is 65.0 Å². The van der Waals surface area contributed by atoms with Gasteiger partial charge in [-0.25, -0.2) is 4.79 Å². The molecular formula is C26H39N3O2. The van der Waals surface area contributed by atoms with Gasteiger partial charge in [-0.2, -0.15) is 0 Å². The molecule has 0 saturated carbocycles. The van der Waals surface area contributed by atoms with Gasteiger partial charge in [-0.05, 0) is 76.9 Å². The van der Waals surface area contributed by atoms with E-state index in [1.165, 1.54) is 37.9 Å². The van der Waals surface area contributed by atoms with Crippen molar-refractivity contribution in [2.24, 2.45) is 0 Å². The third-order valence-electron chi connectivity index (χ3n) is 6.32. The Kier molecular flexibility index (Phi) is 9.71. The maximum Gasteiger partial charge on any atom is 0.410 e. The van der Waals surface area contributed by atoms with Crippen molar-refractivity contribution in [2.75, 3.05) is 45.8 Å². The topological polar surface area (TPSA) is 36.0 Å². The summed E-state index contributed by atoms with van der Waals surface area (Å²) in [6.07, 6.45) is 6.81. The van der Waals surface area contributed by atoms with Crippen LogP contribution in [0, 0.1) is 11.8 Å². The molecule has 0 bridgehead atoms. The summed E-state index contributed by atoms with van der Waals surface area (Å²) >= 11 is 0. The number of ether oxygens (including phenoxy) is 1. The highest BCUT2D eigenvalue weighted by Crippen LogP contribution is 2.17. The second-order valence-electron chi connectivity index (χ2n) is 8.71. The van der Waals surface area contributed by atoms with Gasteiger partial charge in [0.1, 0.15) is 6.10 Å². The van der Waals surface area contributed by atoms with Crippen LogP contribution in [0.2, 0.25) is 0 Å². The second-order valence-corrected chi connectivity index (χ2v) is 8.71. The number of hydrogen-bond acceptors (Lipinski definition) is 4. The van der Waals surface area contributed by atoms with Gasteiger partial charge in [0.05, 0.1) is 0 Å². The van der Waals surface area contributed by atoms with E-state index in [-0.39, 0.29) is 12.2 Å². The molecular weight excluding hydrogens is 386 g/mol. The second kappa shape index (κ2) is 12.7. The number of carbonyl (C=O) groups excluding carboxylic acids is 1. The Morgan fingerprint density at radius 3 is 2.65 bits per heavy atom. The fourth-order valence-corrected chi connectivity index (χ4v) is 4.52. The Bertz CT molecular complexity index is 745. The van der Waals surface area contributed by atoms with Crippen molar-refractivity contribution in [3.05, 3.63) is 35.4 Å². The maximum atomic E-state index is 12.3. The van der Waals surface area contributed by atoms with E-state index < -0.39 is 0 Å². The molecule has 1 atom stereocenters. The van der Waals surface area contributed by atoms with Crippen LogP contribution in [0.15, 0.2) is 24.3 Å².